The van der Waals surface area contributed by atoms with E-state index in [4.69, 9.17) is 0 Å². The Morgan fingerprint density at radius 1 is 0.800 bits per heavy atom. The summed E-state index contributed by atoms with van der Waals surface area (Å²) in [4.78, 5) is 12.9. The molecule has 0 aromatic heterocycles. The maximum Gasteiger partial charge on any atom is 0.170 e. The molecule has 0 radical (unpaired) electrons. The second kappa shape index (κ2) is 5.46. The number of carbonyl (C=O) groups is 1. The summed E-state index contributed by atoms with van der Waals surface area (Å²) in [5, 5.41) is 0. The van der Waals surface area contributed by atoms with Gasteiger partial charge in [0.05, 0.1) is 5.41 Å². The van der Waals surface area contributed by atoms with Crippen LogP contribution in [0.2, 0.25) is 0 Å². The molecule has 2 aromatic carbocycles. The Morgan fingerprint density at radius 2 is 1.35 bits per heavy atom. The Kier molecular flexibility index (Phi) is 3.51. The molecule has 0 fully saturated rings. The summed E-state index contributed by atoms with van der Waals surface area (Å²) in [7, 11) is 0. The number of benzene rings is 2. The highest BCUT2D eigenvalue weighted by atomic mass is 16.1. The van der Waals surface area contributed by atoms with Crippen molar-refractivity contribution in [1.29, 1.82) is 0 Å². The fraction of sp³-hybridized carbons (Fsp3) is 0.211. The molecule has 1 aliphatic rings. The van der Waals surface area contributed by atoms with Crippen LogP contribution in [0.4, 0.5) is 0 Å². The average molecular weight is 262 g/mol. The monoisotopic (exact) mass is 262 g/mol. The van der Waals surface area contributed by atoms with E-state index >= 15 is 0 Å². The van der Waals surface area contributed by atoms with Crippen molar-refractivity contribution in [3.63, 3.8) is 0 Å². The largest absolute Gasteiger partial charge is 0.293 e. The normalized spacial score (nSPS) is 17.7. The molecule has 0 unspecified atom stereocenters. The number of hydrogen-bond acceptors (Lipinski definition) is 1. The van der Waals surface area contributed by atoms with Crippen molar-refractivity contribution < 1.29 is 4.79 Å². The van der Waals surface area contributed by atoms with Gasteiger partial charge < -0.3 is 0 Å². The molecule has 0 heterocycles. The molecule has 1 aliphatic carbocycles. The van der Waals surface area contributed by atoms with E-state index in [9.17, 15) is 4.79 Å². The van der Waals surface area contributed by atoms with Crippen molar-refractivity contribution in [3.8, 4) is 0 Å². The molecule has 100 valence electrons. The summed E-state index contributed by atoms with van der Waals surface area (Å²) in [6, 6.07) is 20.4. The molecule has 0 saturated carbocycles. The van der Waals surface area contributed by atoms with Gasteiger partial charge in [-0.05, 0) is 36.5 Å². The first kappa shape index (κ1) is 12.9. The first-order chi connectivity index (χ1) is 9.84. The minimum absolute atomic E-state index is 0.201. The van der Waals surface area contributed by atoms with Crippen molar-refractivity contribution in [3.05, 3.63) is 83.9 Å². The van der Waals surface area contributed by atoms with Crippen LogP contribution in [0.1, 0.15) is 30.4 Å². The minimum atomic E-state index is -0.518. The number of ketones is 1. The first-order valence-corrected chi connectivity index (χ1v) is 7.16. The van der Waals surface area contributed by atoms with Crippen LogP contribution in [0.5, 0.6) is 0 Å². The summed E-state index contributed by atoms with van der Waals surface area (Å²) >= 11 is 0. The average Bonchev–Trinajstić information content (AvgIpc) is 2.72. The lowest BCUT2D eigenvalue weighted by Crippen LogP contribution is -2.35. The van der Waals surface area contributed by atoms with Crippen LogP contribution >= 0.6 is 0 Å². The molecule has 0 aliphatic heterocycles. The Balaban J connectivity index is 2.22. The van der Waals surface area contributed by atoms with Crippen LogP contribution in [0, 0.1) is 0 Å². The topological polar surface area (TPSA) is 17.1 Å². The predicted molar refractivity (Wildman–Crippen MR) is 81.7 cm³/mol. The minimum Gasteiger partial charge on any atom is -0.293 e. The molecule has 0 saturated heterocycles. The van der Waals surface area contributed by atoms with Gasteiger partial charge in [0.2, 0.25) is 0 Å². The van der Waals surface area contributed by atoms with E-state index in [0.717, 1.165) is 30.4 Å². The van der Waals surface area contributed by atoms with Crippen LogP contribution in [0.3, 0.4) is 0 Å². The summed E-state index contributed by atoms with van der Waals surface area (Å²) in [5.41, 5.74) is 1.68. The lowest BCUT2D eigenvalue weighted by Gasteiger charge is -2.32. The summed E-state index contributed by atoms with van der Waals surface area (Å²) in [6.07, 6.45) is 6.66. The second-order valence-corrected chi connectivity index (χ2v) is 5.30. The lowest BCUT2D eigenvalue weighted by molar-refractivity contribution is -0.118. The molecule has 20 heavy (non-hydrogen) atoms. The van der Waals surface area contributed by atoms with Crippen molar-refractivity contribution in [2.75, 3.05) is 0 Å². The van der Waals surface area contributed by atoms with E-state index in [0.29, 0.717) is 0 Å². The Bertz CT molecular complexity index is 571. The molecule has 0 bridgehead atoms. The maximum atomic E-state index is 12.9. The third kappa shape index (κ3) is 2.09. The SMILES string of the molecule is O=C1C=CCCCC1(c1ccccc1)c1ccccc1. The van der Waals surface area contributed by atoms with Crippen molar-refractivity contribution in [1.82, 2.24) is 0 Å². The van der Waals surface area contributed by atoms with E-state index in [2.05, 4.69) is 24.3 Å². The smallest absolute Gasteiger partial charge is 0.170 e. The molecule has 2 aromatic rings. The highest BCUT2D eigenvalue weighted by Gasteiger charge is 2.40. The van der Waals surface area contributed by atoms with Crippen LogP contribution in [0.15, 0.2) is 72.8 Å². The molecule has 1 nitrogen and oxygen atoms in total. The molecule has 0 amide bonds. The van der Waals surface area contributed by atoms with Gasteiger partial charge in [-0.15, -0.1) is 0 Å². The van der Waals surface area contributed by atoms with Gasteiger partial charge in [0.15, 0.2) is 5.78 Å². The lowest BCUT2D eigenvalue weighted by atomic mass is 9.69. The van der Waals surface area contributed by atoms with Crippen LogP contribution in [-0.2, 0) is 10.2 Å². The molecular weight excluding hydrogens is 244 g/mol. The van der Waals surface area contributed by atoms with E-state index in [-0.39, 0.29) is 5.78 Å². The van der Waals surface area contributed by atoms with Gasteiger partial charge >= 0.3 is 0 Å². The van der Waals surface area contributed by atoms with E-state index in [1.54, 1.807) is 6.08 Å². The van der Waals surface area contributed by atoms with Crippen molar-refractivity contribution in [2.24, 2.45) is 0 Å². The number of hydrogen-bond donors (Lipinski definition) is 0. The highest BCUT2D eigenvalue weighted by Crippen LogP contribution is 2.39. The highest BCUT2D eigenvalue weighted by molar-refractivity contribution is 6.02. The zero-order valence-electron chi connectivity index (χ0n) is 11.5. The molecule has 0 atom stereocenters. The molecule has 3 rings (SSSR count). The Morgan fingerprint density at radius 3 is 1.90 bits per heavy atom. The van der Waals surface area contributed by atoms with Crippen molar-refractivity contribution >= 4 is 5.78 Å². The summed E-state index contributed by atoms with van der Waals surface area (Å²) < 4.78 is 0. The zero-order valence-corrected chi connectivity index (χ0v) is 11.5. The van der Waals surface area contributed by atoms with Crippen molar-refractivity contribution in [2.45, 2.75) is 24.7 Å². The van der Waals surface area contributed by atoms with Gasteiger partial charge in [-0.25, -0.2) is 0 Å². The fourth-order valence-electron chi connectivity index (χ4n) is 3.13. The Hall–Kier alpha value is -2.15. The first-order valence-electron chi connectivity index (χ1n) is 7.16. The van der Waals surface area contributed by atoms with Gasteiger partial charge in [-0.2, -0.15) is 0 Å². The van der Waals surface area contributed by atoms with Gasteiger partial charge in [0.1, 0.15) is 0 Å². The zero-order chi connectivity index (χ0) is 13.8. The third-order valence-electron chi connectivity index (χ3n) is 4.15. The van der Waals surface area contributed by atoms with Gasteiger partial charge in [-0.1, -0.05) is 66.7 Å². The number of rotatable bonds is 2. The summed E-state index contributed by atoms with van der Waals surface area (Å²) in [5.74, 6) is 0.201. The van der Waals surface area contributed by atoms with Crippen LogP contribution in [-0.4, -0.2) is 5.78 Å². The third-order valence-corrected chi connectivity index (χ3v) is 4.15. The fourth-order valence-corrected chi connectivity index (χ4v) is 3.13. The van der Waals surface area contributed by atoms with Gasteiger partial charge in [0.25, 0.3) is 0 Å². The second-order valence-electron chi connectivity index (χ2n) is 5.30. The molecule has 0 N–H and O–H groups in total. The molecule has 0 spiro atoms. The molecule has 1 heteroatoms. The molecular formula is C19H18O. The number of allylic oxidation sites excluding steroid dienone is 2. The van der Waals surface area contributed by atoms with Crippen LogP contribution in [0.25, 0.3) is 0 Å². The summed E-state index contributed by atoms with van der Waals surface area (Å²) in [6.45, 7) is 0. The predicted octanol–water partition coefficient (Wildman–Crippen LogP) is 4.28. The number of carbonyl (C=O) groups excluding carboxylic acids is 1. The van der Waals surface area contributed by atoms with E-state index in [1.165, 1.54) is 0 Å². The van der Waals surface area contributed by atoms with E-state index in [1.807, 2.05) is 42.5 Å². The van der Waals surface area contributed by atoms with Crippen LogP contribution < -0.4 is 0 Å². The maximum absolute atomic E-state index is 12.9. The van der Waals surface area contributed by atoms with E-state index < -0.39 is 5.41 Å². The van der Waals surface area contributed by atoms with Gasteiger partial charge in [0, 0.05) is 0 Å². The Labute approximate surface area is 120 Å². The standard InChI is InChI=1S/C19H18O/c20-18-14-8-3-9-15-19(18,16-10-4-1-5-11-16)17-12-6-2-7-13-17/h1-2,4-8,10-14H,3,9,15H2. The quantitative estimate of drug-likeness (QED) is 0.789. The van der Waals surface area contributed by atoms with Gasteiger partial charge in [-0.3, -0.25) is 4.79 Å².